The van der Waals surface area contributed by atoms with Gasteiger partial charge in [0.2, 0.25) is 0 Å². The summed E-state index contributed by atoms with van der Waals surface area (Å²) in [6, 6.07) is 10.8. The van der Waals surface area contributed by atoms with Crippen LogP contribution in [0.4, 0.5) is 0 Å². The van der Waals surface area contributed by atoms with Crippen LogP contribution in [0.2, 0.25) is 5.02 Å². The van der Waals surface area contributed by atoms with Gasteiger partial charge in [-0.15, -0.1) is 0 Å². The van der Waals surface area contributed by atoms with Gasteiger partial charge in [-0.3, -0.25) is 4.79 Å². The fourth-order valence-electron chi connectivity index (χ4n) is 1.78. The number of carbonyl (C=O) groups is 1. The SMILES string of the molecule is COCCN(C)C(=O)c1ccc(-c2ccccc2Cl)o1. The molecule has 1 aromatic carbocycles. The first-order chi connectivity index (χ1) is 9.63. The maximum absolute atomic E-state index is 12.1. The fraction of sp³-hybridized carbons (Fsp3) is 0.267. The summed E-state index contributed by atoms with van der Waals surface area (Å²) in [5.41, 5.74) is 0.771. The van der Waals surface area contributed by atoms with Gasteiger partial charge in [-0.05, 0) is 24.3 Å². The average molecular weight is 294 g/mol. The van der Waals surface area contributed by atoms with Crippen molar-refractivity contribution in [3.05, 3.63) is 47.2 Å². The molecule has 0 saturated heterocycles. The van der Waals surface area contributed by atoms with Gasteiger partial charge in [0, 0.05) is 26.3 Å². The van der Waals surface area contributed by atoms with E-state index in [0.717, 1.165) is 5.56 Å². The Labute approximate surface area is 122 Å². The molecule has 1 amide bonds. The number of rotatable bonds is 5. The van der Waals surface area contributed by atoms with Crippen molar-refractivity contribution in [2.24, 2.45) is 0 Å². The number of nitrogens with zero attached hydrogens (tertiary/aromatic N) is 1. The van der Waals surface area contributed by atoms with E-state index in [1.165, 1.54) is 0 Å². The zero-order chi connectivity index (χ0) is 14.5. The third-order valence-electron chi connectivity index (χ3n) is 2.93. The first-order valence-corrected chi connectivity index (χ1v) is 6.60. The van der Waals surface area contributed by atoms with Crippen LogP contribution in [0.15, 0.2) is 40.8 Å². The van der Waals surface area contributed by atoms with Crippen LogP contribution in [-0.2, 0) is 4.74 Å². The molecule has 0 aliphatic rings. The van der Waals surface area contributed by atoms with Crippen molar-refractivity contribution in [2.45, 2.75) is 0 Å². The van der Waals surface area contributed by atoms with Gasteiger partial charge in [-0.1, -0.05) is 23.7 Å². The number of carbonyl (C=O) groups excluding carboxylic acids is 1. The van der Waals surface area contributed by atoms with Crippen LogP contribution in [0.3, 0.4) is 0 Å². The lowest BCUT2D eigenvalue weighted by molar-refractivity contribution is 0.0714. The van der Waals surface area contributed by atoms with Crippen LogP contribution in [0.25, 0.3) is 11.3 Å². The van der Waals surface area contributed by atoms with Gasteiger partial charge in [-0.25, -0.2) is 0 Å². The van der Waals surface area contributed by atoms with Crippen molar-refractivity contribution in [3.8, 4) is 11.3 Å². The number of likely N-dealkylation sites (N-methyl/N-ethyl adjacent to an activating group) is 1. The minimum Gasteiger partial charge on any atom is -0.451 e. The van der Waals surface area contributed by atoms with Crippen molar-refractivity contribution in [1.29, 1.82) is 0 Å². The molecule has 5 heteroatoms. The van der Waals surface area contributed by atoms with Crippen LogP contribution in [-0.4, -0.2) is 38.1 Å². The summed E-state index contributed by atoms with van der Waals surface area (Å²) in [7, 11) is 3.31. The summed E-state index contributed by atoms with van der Waals surface area (Å²) in [6.07, 6.45) is 0. The van der Waals surface area contributed by atoms with Gasteiger partial charge in [0.25, 0.3) is 5.91 Å². The molecule has 0 aliphatic heterocycles. The standard InChI is InChI=1S/C15H16ClNO3/c1-17(9-10-19-2)15(18)14-8-7-13(20-14)11-5-3-4-6-12(11)16/h3-8H,9-10H2,1-2H3. The largest absolute Gasteiger partial charge is 0.451 e. The van der Waals surface area contributed by atoms with Gasteiger partial charge in [0.15, 0.2) is 5.76 Å². The van der Waals surface area contributed by atoms with Crippen molar-refractivity contribution in [3.63, 3.8) is 0 Å². The molecular formula is C15H16ClNO3. The average Bonchev–Trinajstić information content (AvgIpc) is 2.94. The lowest BCUT2D eigenvalue weighted by Crippen LogP contribution is -2.29. The Morgan fingerprint density at radius 2 is 2.05 bits per heavy atom. The molecule has 0 aliphatic carbocycles. The first kappa shape index (κ1) is 14.6. The molecule has 2 rings (SSSR count). The van der Waals surface area contributed by atoms with E-state index in [1.807, 2.05) is 18.2 Å². The van der Waals surface area contributed by atoms with Crippen LogP contribution in [0.1, 0.15) is 10.6 Å². The third-order valence-corrected chi connectivity index (χ3v) is 3.26. The highest BCUT2D eigenvalue weighted by Crippen LogP contribution is 2.29. The second-order valence-corrected chi connectivity index (χ2v) is 4.77. The topological polar surface area (TPSA) is 42.7 Å². The van der Waals surface area contributed by atoms with E-state index in [0.29, 0.717) is 29.7 Å². The van der Waals surface area contributed by atoms with E-state index in [-0.39, 0.29) is 5.91 Å². The van der Waals surface area contributed by atoms with Crippen molar-refractivity contribution >= 4 is 17.5 Å². The molecule has 0 unspecified atom stereocenters. The summed E-state index contributed by atoms with van der Waals surface area (Å²) >= 11 is 6.11. The Bertz CT molecular complexity index is 594. The summed E-state index contributed by atoms with van der Waals surface area (Å²) in [6.45, 7) is 0.998. The number of ether oxygens (including phenoxy) is 1. The normalized spacial score (nSPS) is 10.6. The Morgan fingerprint density at radius 3 is 2.75 bits per heavy atom. The molecule has 0 N–H and O–H groups in total. The van der Waals surface area contributed by atoms with E-state index in [9.17, 15) is 4.79 Å². The van der Waals surface area contributed by atoms with Crippen molar-refractivity contribution in [1.82, 2.24) is 4.90 Å². The van der Waals surface area contributed by atoms with Crippen LogP contribution in [0, 0.1) is 0 Å². The Hall–Kier alpha value is -1.78. The molecular weight excluding hydrogens is 278 g/mol. The Kier molecular flexibility index (Phi) is 4.82. The number of furan rings is 1. The van der Waals surface area contributed by atoms with Gasteiger partial charge < -0.3 is 14.1 Å². The fourth-order valence-corrected chi connectivity index (χ4v) is 2.01. The molecule has 1 heterocycles. The second kappa shape index (κ2) is 6.59. The number of methoxy groups -OCH3 is 1. The van der Waals surface area contributed by atoms with Crippen LogP contribution < -0.4 is 0 Å². The van der Waals surface area contributed by atoms with E-state index >= 15 is 0 Å². The monoisotopic (exact) mass is 293 g/mol. The van der Waals surface area contributed by atoms with E-state index < -0.39 is 0 Å². The van der Waals surface area contributed by atoms with Crippen molar-refractivity contribution in [2.75, 3.05) is 27.3 Å². The minimum atomic E-state index is -0.180. The van der Waals surface area contributed by atoms with Crippen LogP contribution in [0.5, 0.6) is 0 Å². The highest BCUT2D eigenvalue weighted by molar-refractivity contribution is 6.33. The van der Waals surface area contributed by atoms with Crippen molar-refractivity contribution < 1.29 is 13.9 Å². The lowest BCUT2D eigenvalue weighted by Gasteiger charge is -2.14. The number of benzene rings is 1. The number of hydrogen-bond donors (Lipinski definition) is 0. The lowest BCUT2D eigenvalue weighted by atomic mass is 10.2. The predicted octanol–water partition coefficient (Wildman–Crippen LogP) is 3.32. The quantitative estimate of drug-likeness (QED) is 0.849. The molecule has 0 spiro atoms. The van der Waals surface area contributed by atoms with Crippen LogP contribution >= 0.6 is 11.6 Å². The number of halogens is 1. The summed E-state index contributed by atoms with van der Waals surface area (Å²) < 4.78 is 10.5. The maximum Gasteiger partial charge on any atom is 0.289 e. The molecule has 0 bridgehead atoms. The predicted molar refractivity (Wildman–Crippen MR) is 78.0 cm³/mol. The molecule has 0 radical (unpaired) electrons. The summed E-state index contributed by atoms with van der Waals surface area (Å²) in [4.78, 5) is 13.7. The third kappa shape index (κ3) is 3.21. The van der Waals surface area contributed by atoms with Gasteiger partial charge in [0.05, 0.1) is 11.6 Å². The number of amides is 1. The van der Waals surface area contributed by atoms with Gasteiger partial charge >= 0.3 is 0 Å². The zero-order valence-corrected chi connectivity index (χ0v) is 12.2. The molecule has 106 valence electrons. The molecule has 0 saturated carbocycles. The van der Waals surface area contributed by atoms with Gasteiger partial charge in [-0.2, -0.15) is 0 Å². The Balaban J connectivity index is 2.17. The van der Waals surface area contributed by atoms with E-state index in [2.05, 4.69) is 0 Å². The number of hydrogen-bond acceptors (Lipinski definition) is 3. The molecule has 1 aromatic heterocycles. The highest BCUT2D eigenvalue weighted by Gasteiger charge is 2.17. The Morgan fingerprint density at radius 1 is 1.30 bits per heavy atom. The van der Waals surface area contributed by atoms with Gasteiger partial charge in [0.1, 0.15) is 5.76 Å². The second-order valence-electron chi connectivity index (χ2n) is 4.36. The summed E-state index contributed by atoms with van der Waals surface area (Å²) in [5.74, 6) is 0.693. The van der Waals surface area contributed by atoms with E-state index in [4.69, 9.17) is 20.8 Å². The zero-order valence-electron chi connectivity index (χ0n) is 11.4. The molecule has 0 atom stereocenters. The molecule has 2 aromatic rings. The maximum atomic E-state index is 12.1. The minimum absolute atomic E-state index is 0.180. The molecule has 20 heavy (non-hydrogen) atoms. The molecule has 0 fully saturated rings. The smallest absolute Gasteiger partial charge is 0.289 e. The summed E-state index contributed by atoms with van der Waals surface area (Å²) in [5, 5.41) is 0.591. The first-order valence-electron chi connectivity index (χ1n) is 6.22. The highest BCUT2D eigenvalue weighted by atomic mass is 35.5. The van der Waals surface area contributed by atoms with E-state index in [1.54, 1.807) is 37.3 Å². The molecule has 4 nitrogen and oxygen atoms in total.